The third-order valence-corrected chi connectivity index (χ3v) is 5.96. The van der Waals surface area contributed by atoms with Crippen LogP contribution in [0.2, 0.25) is 0 Å². The molecule has 1 aromatic rings. The highest BCUT2D eigenvalue weighted by Gasteiger charge is 2.29. The van der Waals surface area contributed by atoms with Crippen LogP contribution in [-0.4, -0.2) is 89.2 Å². The second-order valence-electron chi connectivity index (χ2n) is 7.66. The van der Waals surface area contributed by atoms with Crippen LogP contribution in [0.5, 0.6) is 0 Å². The molecule has 0 spiro atoms. The van der Waals surface area contributed by atoms with E-state index >= 15 is 0 Å². The van der Waals surface area contributed by atoms with Crippen molar-refractivity contribution in [3.63, 3.8) is 0 Å². The van der Waals surface area contributed by atoms with Gasteiger partial charge in [0.15, 0.2) is 0 Å². The normalized spacial score (nSPS) is 19.1. The molecule has 2 aliphatic heterocycles. The van der Waals surface area contributed by atoms with E-state index in [2.05, 4.69) is 27.5 Å². The Kier molecular flexibility index (Phi) is 7.46. The van der Waals surface area contributed by atoms with E-state index in [0.29, 0.717) is 12.2 Å². The number of imide groups is 1. The van der Waals surface area contributed by atoms with Crippen LogP contribution >= 0.6 is 11.8 Å². The third kappa shape index (κ3) is 6.04. The Morgan fingerprint density at radius 3 is 2.33 bits per heavy atom. The summed E-state index contributed by atoms with van der Waals surface area (Å²) in [5, 5.41) is 5.06. The molecular weight excluding hydrogens is 406 g/mol. The maximum absolute atomic E-state index is 12.2. The number of benzene rings is 1. The minimum atomic E-state index is -0.728. The predicted molar refractivity (Wildman–Crippen MR) is 115 cm³/mol. The number of hydrogen-bond acceptors (Lipinski definition) is 7. The second-order valence-corrected chi connectivity index (χ2v) is 8.59. The summed E-state index contributed by atoms with van der Waals surface area (Å²) in [7, 11) is 2.09. The lowest BCUT2D eigenvalue weighted by atomic mass is 10.2. The van der Waals surface area contributed by atoms with Gasteiger partial charge in [-0.25, -0.2) is 0 Å². The number of rotatable bonds is 6. The molecule has 4 amide bonds. The molecule has 0 bridgehead atoms. The van der Waals surface area contributed by atoms with E-state index in [0.717, 1.165) is 43.5 Å². The van der Waals surface area contributed by atoms with Crippen LogP contribution in [0, 0.1) is 0 Å². The highest BCUT2D eigenvalue weighted by molar-refractivity contribution is 8.14. The number of carbonyl (C=O) groups excluding carboxylic acids is 4. The number of anilines is 1. The van der Waals surface area contributed by atoms with Crippen molar-refractivity contribution in [1.29, 1.82) is 0 Å². The van der Waals surface area contributed by atoms with E-state index in [-0.39, 0.29) is 29.5 Å². The second kappa shape index (κ2) is 10.1. The SMILES string of the molecule is C[C@@H](CN1CCN(C)CC1)NC(=O)C(=O)Nc1ccc(CN2C(=O)CSC2=O)cc1. The zero-order valence-electron chi connectivity index (χ0n) is 17.2. The Labute approximate surface area is 180 Å². The third-order valence-electron chi connectivity index (χ3n) is 5.10. The summed E-state index contributed by atoms with van der Waals surface area (Å²) in [6.45, 7) is 6.67. The van der Waals surface area contributed by atoms with Crippen LogP contribution in [0.1, 0.15) is 12.5 Å². The van der Waals surface area contributed by atoms with Gasteiger partial charge in [0.25, 0.3) is 5.24 Å². The fourth-order valence-corrected chi connectivity index (χ4v) is 4.08. The van der Waals surface area contributed by atoms with Crippen LogP contribution in [0.3, 0.4) is 0 Å². The van der Waals surface area contributed by atoms with E-state index in [1.54, 1.807) is 24.3 Å². The Hall–Kier alpha value is -2.43. The molecule has 0 aromatic heterocycles. The van der Waals surface area contributed by atoms with Gasteiger partial charge in [-0.2, -0.15) is 0 Å². The fraction of sp³-hybridized carbons (Fsp3) is 0.500. The molecule has 2 saturated heterocycles. The molecule has 2 heterocycles. The Balaban J connectivity index is 1.45. The lowest BCUT2D eigenvalue weighted by Crippen LogP contribution is -2.51. The van der Waals surface area contributed by atoms with E-state index in [9.17, 15) is 19.2 Å². The van der Waals surface area contributed by atoms with Gasteiger partial charge in [-0.05, 0) is 31.7 Å². The van der Waals surface area contributed by atoms with Gasteiger partial charge in [0.2, 0.25) is 5.91 Å². The van der Waals surface area contributed by atoms with E-state index < -0.39 is 11.8 Å². The number of amides is 4. The molecule has 1 atom stereocenters. The van der Waals surface area contributed by atoms with Gasteiger partial charge in [-0.15, -0.1) is 0 Å². The molecule has 3 rings (SSSR count). The summed E-state index contributed by atoms with van der Waals surface area (Å²) in [6, 6.07) is 6.58. The zero-order chi connectivity index (χ0) is 21.7. The van der Waals surface area contributed by atoms with Gasteiger partial charge in [0, 0.05) is 44.5 Å². The van der Waals surface area contributed by atoms with Crippen LogP contribution in [0.25, 0.3) is 0 Å². The lowest BCUT2D eigenvalue weighted by Gasteiger charge is -2.33. The average Bonchev–Trinajstić information content (AvgIpc) is 3.03. The molecule has 30 heavy (non-hydrogen) atoms. The summed E-state index contributed by atoms with van der Waals surface area (Å²) in [6.07, 6.45) is 0. The molecule has 0 radical (unpaired) electrons. The smallest absolute Gasteiger partial charge is 0.313 e. The number of likely N-dealkylation sites (N-methyl/N-ethyl adjacent to an activating group) is 1. The fourth-order valence-electron chi connectivity index (χ4n) is 3.35. The number of piperazine rings is 1. The molecule has 1 aromatic carbocycles. The lowest BCUT2D eigenvalue weighted by molar-refractivity contribution is -0.136. The van der Waals surface area contributed by atoms with Crippen LogP contribution in [0.15, 0.2) is 24.3 Å². The number of thioether (sulfide) groups is 1. The van der Waals surface area contributed by atoms with Gasteiger partial charge in [0.05, 0.1) is 12.3 Å². The van der Waals surface area contributed by atoms with Crippen molar-refractivity contribution in [2.75, 3.05) is 50.8 Å². The minimum Gasteiger partial charge on any atom is -0.344 e. The van der Waals surface area contributed by atoms with Crippen molar-refractivity contribution >= 4 is 40.4 Å². The van der Waals surface area contributed by atoms with Crippen LogP contribution < -0.4 is 10.6 Å². The Morgan fingerprint density at radius 1 is 1.07 bits per heavy atom. The maximum Gasteiger partial charge on any atom is 0.313 e. The largest absolute Gasteiger partial charge is 0.344 e. The maximum atomic E-state index is 12.2. The minimum absolute atomic E-state index is 0.137. The average molecular weight is 434 g/mol. The first-order valence-electron chi connectivity index (χ1n) is 9.90. The van der Waals surface area contributed by atoms with Crippen molar-refractivity contribution in [3.8, 4) is 0 Å². The van der Waals surface area contributed by atoms with Crippen molar-refractivity contribution in [2.45, 2.75) is 19.5 Å². The van der Waals surface area contributed by atoms with Gasteiger partial charge in [0.1, 0.15) is 0 Å². The summed E-state index contributed by atoms with van der Waals surface area (Å²) in [5.74, 6) is -1.43. The first-order valence-corrected chi connectivity index (χ1v) is 10.9. The predicted octanol–water partition coefficient (Wildman–Crippen LogP) is 0.573. The highest BCUT2D eigenvalue weighted by Crippen LogP contribution is 2.21. The Morgan fingerprint density at radius 2 is 1.73 bits per heavy atom. The molecule has 0 unspecified atom stereocenters. The van der Waals surface area contributed by atoms with Gasteiger partial charge in [-0.1, -0.05) is 23.9 Å². The standard InChI is InChI=1S/C20H27N5O4S/c1-14(11-24-9-7-23(2)8-10-24)21-18(27)19(28)22-16-5-3-15(4-6-16)12-25-17(26)13-30-20(25)29/h3-6,14H,7-13H2,1-2H3,(H,21,27)(H,22,28)/t14-/m0/s1. The van der Waals surface area contributed by atoms with Gasteiger partial charge < -0.3 is 15.5 Å². The van der Waals surface area contributed by atoms with Gasteiger partial charge >= 0.3 is 11.8 Å². The van der Waals surface area contributed by atoms with Crippen LogP contribution in [0.4, 0.5) is 10.5 Å². The van der Waals surface area contributed by atoms with Crippen molar-refractivity contribution in [2.24, 2.45) is 0 Å². The number of hydrogen-bond donors (Lipinski definition) is 2. The summed E-state index contributed by atoms with van der Waals surface area (Å²) >= 11 is 0.994. The molecule has 0 aliphatic carbocycles. The number of nitrogens with zero attached hydrogens (tertiary/aromatic N) is 3. The number of nitrogens with one attached hydrogen (secondary N) is 2. The van der Waals surface area contributed by atoms with E-state index in [1.807, 2.05) is 6.92 Å². The first-order chi connectivity index (χ1) is 14.3. The van der Waals surface area contributed by atoms with Crippen molar-refractivity contribution in [1.82, 2.24) is 20.0 Å². The zero-order valence-corrected chi connectivity index (χ0v) is 18.0. The summed E-state index contributed by atoms with van der Waals surface area (Å²) in [5.41, 5.74) is 1.24. The molecule has 2 aliphatic rings. The van der Waals surface area contributed by atoms with Crippen molar-refractivity contribution < 1.29 is 19.2 Å². The topological polar surface area (TPSA) is 102 Å². The molecule has 2 N–H and O–H groups in total. The summed E-state index contributed by atoms with van der Waals surface area (Å²) in [4.78, 5) is 53.5. The monoisotopic (exact) mass is 433 g/mol. The molecule has 0 saturated carbocycles. The molecule has 2 fully saturated rings. The quantitative estimate of drug-likeness (QED) is 0.633. The van der Waals surface area contributed by atoms with Crippen molar-refractivity contribution in [3.05, 3.63) is 29.8 Å². The molecule has 162 valence electrons. The van der Waals surface area contributed by atoms with Gasteiger partial charge in [-0.3, -0.25) is 29.0 Å². The molecule has 9 nitrogen and oxygen atoms in total. The summed E-state index contributed by atoms with van der Waals surface area (Å²) < 4.78 is 0. The van der Waals surface area contributed by atoms with E-state index in [1.165, 1.54) is 4.90 Å². The molecule has 10 heteroatoms. The van der Waals surface area contributed by atoms with E-state index in [4.69, 9.17) is 0 Å². The first kappa shape index (κ1) is 22.3. The number of carbonyl (C=O) groups is 4. The Bertz CT molecular complexity index is 792. The molecular formula is C20H27N5O4S. The van der Waals surface area contributed by atoms with Crippen LogP contribution in [-0.2, 0) is 20.9 Å². The highest BCUT2D eigenvalue weighted by atomic mass is 32.2.